The van der Waals surface area contributed by atoms with Crippen LogP contribution < -0.4 is 9.64 Å². The Hall–Kier alpha value is -4.58. The number of carbonyl (C=O) groups is 1. The maximum Gasteiger partial charge on any atom is 0.266 e. The van der Waals surface area contributed by atoms with E-state index < -0.39 is 0 Å². The Balaban J connectivity index is 1.24. The maximum absolute atomic E-state index is 13.2. The SMILES string of the molecule is Cc1cccc(OCc2ccc(-c3nc(C#N)c(N4CCN(C(=O)c5ccc(F)cc5)CC4)o3)o2)c1. The number of furan rings is 1. The van der Waals surface area contributed by atoms with E-state index in [0.29, 0.717) is 49.1 Å². The number of piperazine rings is 1. The quantitative estimate of drug-likeness (QED) is 0.386. The number of carbonyl (C=O) groups excluding carboxylic acids is 1. The zero-order valence-corrected chi connectivity index (χ0v) is 19.6. The summed E-state index contributed by atoms with van der Waals surface area (Å²) in [5.74, 6) is 1.73. The predicted octanol–water partition coefficient (Wildman–Crippen LogP) is 4.80. The third-order valence-electron chi connectivity index (χ3n) is 5.90. The number of halogens is 1. The van der Waals surface area contributed by atoms with Gasteiger partial charge in [0.15, 0.2) is 5.76 Å². The number of hydrogen-bond acceptors (Lipinski definition) is 7. The summed E-state index contributed by atoms with van der Waals surface area (Å²) < 4.78 is 30.7. The lowest BCUT2D eigenvalue weighted by Crippen LogP contribution is -2.48. The third kappa shape index (κ3) is 4.93. The maximum atomic E-state index is 13.2. The second-order valence-corrected chi connectivity index (χ2v) is 8.44. The summed E-state index contributed by atoms with van der Waals surface area (Å²) in [4.78, 5) is 20.6. The molecule has 182 valence electrons. The molecule has 0 N–H and O–H groups in total. The van der Waals surface area contributed by atoms with Gasteiger partial charge in [-0.1, -0.05) is 12.1 Å². The first-order valence-electron chi connectivity index (χ1n) is 11.5. The van der Waals surface area contributed by atoms with Crippen LogP contribution >= 0.6 is 0 Å². The molecule has 36 heavy (non-hydrogen) atoms. The first-order valence-corrected chi connectivity index (χ1v) is 11.5. The second kappa shape index (κ2) is 9.96. The van der Waals surface area contributed by atoms with Gasteiger partial charge in [0.1, 0.15) is 30.0 Å². The van der Waals surface area contributed by atoms with E-state index in [4.69, 9.17) is 13.6 Å². The minimum absolute atomic E-state index is 0.150. The van der Waals surface area contributed by atoms with E-state index >= 15 is 0 Å². The number of aryl methyl sites for hydroxylation is 1. The highest BCUT2D eigenvalue weighted by molar-refractivity contribution is 5.94. The average Bonchev–Trinajstić information content (AvgIpc) is 3.55. The fourth-order valence-electron chi connectivity index (χ4n) is 4.02. The molecular formula is C27H23FN4O4. The fourth-order valence-corrected chi connectivity index (χ4v) is 4.02. The van der Waals surface area contributed by atoms with Crippen LogP contribution in [0.5, 0.6) is 5.75 Å². The van der Waals surface area contributed by atoms with Crippen molar-refractivity contribution < 1.29 is 22.8 Å². The molecule has 0 bridgehead atoms. The number of hydrogen-bond donors (Lipinski definition) is 0. The van der Waals surface area contributed by atoms with Crippen molar-refractivity contribution in [2.24, 2.45) is 0 Å². The summed E-state index contributed by atoms with van der Waals surface area (Å²) in [5.41, 5.74) is 1.69. The van der Waals surface area contributed by atoms with Gasteiger partial charge in [0.2, 0.25) is 11.6 Å². The molecule has 5 rings (SSSR count). The molecule has 4 aromatic rings. The predicted molar refractivity (Wildman–Crippen MR) is 129 cm³/mol. The van der Waals surface area contributed by atoms with Crippen molar-refractivity contribution in [3.05, 3.63) is 89.1 Å². The molecule has 0 aliphatic carbocycles. The van der Waals surface area contributed by atoms with Gasteiger partial charge in [0.25, 0.3) is 11.8 Å². The molecule has 1 fully saturated rings. The van der Waals surface area contributed by atoms with Crippen molar-refractivity contribution >= 4 is 11.8 Å². The van der Waals surface area contributed by atoms with Gasteiger partial charge in [-0.15, -0.1) is 0 Å². The summed E-state index contributed by atoms with van der Waals surface area (Å²) >= 11 is 0. The van der Waals surface area contributed by atoms with Crippen LogP contribution in [0.15, 0.2) is 69.5 Å². The van der Waals surface area contributed by atoms with Crippen LogP contribution in [-0.4, -0.2) is 42.0 Å². The zero-order chi connectivity index (χ0) is 25.1. The number of ether oxygens (including phenoxy) is 1. The van der Waals surface area contributed by atoms with Crippen LogP contribution in [0.1, 0.15) is 27.4 Å². The zero-order valence-electron chi connectivity index (χ0n) is 19.6. The lowest BCUT2D eigenvalue weighted by Gasteiger charge is -2.34. The Kier molecular flexibility index (Phi) is 6.41. The van der Waals surface area contributed by atoms with Crippen LogP contribution in [0.3, 0.4) is 0 Å². The number of benzene rings is 2. The fraction of sp³-hybridized carbons (Fsp3) is 0.222. The molecule has 2 aromatic carbocycles. The van der Waals surface area contributed by atoms with Crippen LogP contribution in [0.4, 0.5) is 10.3 Å². The minimum atomic E-state index is -0.385. The Morgan fingerprint density at radius 3 is 2.58 bits per heavy atom. The third-order valence-corrected chi connectivity index (χ3v) is 5.90. The van der Waals surface area contributed by atoms with Gasteiger partial charge < -0.3 is 23.4 Å². The molecule has 2 aromatic heterocycles. The number of rotatable bonds is 6. The molecule has 3 heterocycles. The van der Waals surface area contributed by atoms with Crippen LogP contribution in [0, 0.1) is 24.1 Å². The average molecular weight is 487 g/mol. The van der Waals surface area contributed by atoms with Crippen LogP contribution in [0.25, 0.3) is 11.7 Å². The molecule has 0 spiro atoms. The number of nitrogens with zero attached hydrogens (tertiary/aromatic N) is 4. The van der Waals surface area contributed by atoms with E-state index in [1.807, 2.05) is 36.1 Å². The van der Waals surface area contributed by atoms with Crippen molar-refractivity contribution in [1.82, 2.24) is 9.88 Å². The summed E-state index contributed by atoms with van der Waals surface area (Å²) in [6.07, 6.45) is 0. The lowest BCUT2D eigenvalue weighted by molar-refractivity contribution is 0.0745. The smallest absolute Gasteiger partial charge is 0.266 e. The molecule has 0 unspecified atom stereocenters. The minimum Gasteiger partial charge on any atom is -0.486 e. The van der Waals surface area contributed by atoms with Gasteiger partial charge in [-0.2, -0.15) is 10.2 Å². The van der Waals surface area contributed by atoms with E-state index in [9.17, 15) is 14.4 Å². The van der Waals surface area contributed by atoms with Crippen LogP contribution in [-0.2, 0) is 6.61 Å². The van der Waals surface area contributed by atoms with E-state index in [-0.39, 0.29) is 29.9 Å². The number of anilines is 1. The molecule has 1 aliphatic heterocycles. The van der Waals surface area contributed by atoms with Crippen molar-refractivity contribution in [2.75, 3.05) is 31.1 Å². The standard InChI is InChI=1S/C27H23FN4O4/c1-18-3-2-4-21(15-18)34-17-22-9-10-24(35-22)25-30-23(16-29)27(36-25)32-13-11-31(12-14-32)26(33)19-5-7-20(28)8-6-19/h2-10,15H,11-14,17H2,1H3. The molecule has 0 atom stereocenters. The topological polar surface area (TPSA) is 95.7 Å². The molecule has 8 nitrogen and oxygen atoms in total. The lowest BCUT2D eigenvalue weighted by atomic mass is 10.2. The number of nitriles is 1. The van der Waals surface area contributed by atoms with Gasteiger partial charge in [-0.3, -0.25) is 4.79 Å². The van der Waals surface area contributed by atoms with Crippen LogP contribution in [0.2, 0.25) is 0 Å². The molecule has 1 aliphatic rings. The highest BCUT2D eigenvalue weighted by Gasteiger charge is 2.27. The molecule has 0 saturated carbocycles. The van der Waals surface area contributed by atoms with E-state index in [2.05, 4.69) is 11.1 Å². The normalized spacial score (nSPS) is 13.5. The Bertz CT molecular complexity index is 1410. The van der Waals surface area contributed by atoms with E-state index in [0.717, 1.165) is 11.3 Å². The number of aromatic nitrogens is 1. The molecule has 1 saturated heterocycles. The highest BCUT2D eigenvalue weighted by atomic mass is 19.1. The Labute approximate surface area is 207 Å². The van der Waals surface area contributed by atoms with Gasteiger partial charge in [0.05, 0.1) is 0 Å². The molecular weight excluding hydrogens is 463 g/mol. The summed E-state index contributed by atoms with van der Waals surface area (Å²) in [6.45, 7) is 4.02. The van der Waals surface area contributed by atoms with E-state index in [1.54, 1.807) is 17.0 Å². The summed E-state index contributed by atoms with van der Waals surface area (Å²) in [7, 11) is 0. The number of amides is 1. The van der Waals surface area contributed by atoms with E-state index in [1.165, 1.54) is 24.3 Å². The highest BCUT2D eigenvalue weighted by Crippen LogP contribution is 2.30. The first kappa shape index (κ1) is 23.2. The molecule has 9 heteroatoms. The number of oxazole rings is 1. The first-order chi connectivity index (χ1) is 17.5. The van der Waals surface area contributed by atoms with Crippen molar-refractivity contribution in [3.8, 4) is 23.5 Å². The Morgan fingerprint density at radius 1 is 1.08 bits per heavy atom. The van der Waals surface area contributed by atoms with Gasteiger partial charge in [0, 0.05) is 31.7 Å². The van der Waals surface area contributed by atoms with Crippen molar-refractivity contribution in [3.63, 3.8) is 0 Å². The van der Waals surface area contributed by atoms with Crippen molar-refractivity contribution in [2.45, 2.75) is 13.5 Å². The molecule has 1 amide bonds. The second-order valence-electron chi connectivity index (χ2n) is 8.44. The molecule has 0 radical (unpaired) electrons. The van der Waals surface area contributed by atoms with Crippen molar-refractivity contribution in [1.29, 1.82) is 5.26 Å². The van der Waals surface area contributed by atoms with Gasteiger partial charge in [-0.05, 0) is 61.0 Å². The largest absolute Gasteiger partial charge is 0.486 e. The summed E-state index contributed by atoms with van der Waals surface area (Å²) in [6, 6.07) is 18.8. The Morgan fingerprint density at radius 2 is 1.86 bits per heavy atom. The monoisotopic (exact) mass is 486 g/mol. The van der Waals surface area contributed by atoms with Gasteiger partial charge >= 0.3 is 0 Å². The summed E-state index contributed by atoms with van der Waals surface area (Å²) in [5, 5.41) is 9.61. The van der Waals surface area contributed by atoms with Gasteiger partial charge in [-0.25, -0.2) is 4.39 Å².